The van der Waals surface area contributed by atoms with Crippen molar-refractivity contribution in [3.05, 3.63) is 5.82 Å². The minimum absolute atomic E-state index is 0.00944. The van der Waals surface area contributed by atoms with Crippen LogP contribution in [0.4, 0.5) is 5.13 Å². The monoisotopic (exact) mass is 289 g/mol. The van der Waals surface area contributed by atoms with Gasteiger partial charge in [0.25, 0.3) is 0 Å². The highest BCUT2D eigenvalue weighted by Gasteiger charge is 2.26. The Balaban J connectivity index is 2.66. The highest BCUT2D eigenvalue weighted by Crippen LogP contribution is 2.29. The van der Waals surface area contributed by atoms with Gasteiger partial charge in [-0.25, -0.2) is 4.98 Å². The zero-order chi connectivity index (χ0) is 13.8. The summed E-state index contributed by atoms with van der Waals surface area (Å²) in [7, 11) is 0. The first kappa shape index (κ1) is 15.7. The van der Waals surface area contributed by atoms with E-state index in [4.69, 9.17) is 11.6 Å². The van der Waals surface area contributed by atoms with Gasteiger partial charge in [0.15, 0.2) is 0 Å². The topological polar surface area (TPSA) is 37.8 Å². The second-order valence-corrected chi connectivity index (χ2v) is 6.89. The number of alkyl halides is 1. The zero-order valence-electron chi connectivity index (χ0n) is 12.0. The molecule has 18 heavy (non-hydrogen) atoms. The van der Waals surface area contributed by atoms with E-state index in [9.17, 15) is 0 Å². The van der Waals surface area contributed by atoms with Gasteiger partial charge in [-0.2, -0.15) is 4.37 Å². The number of nitrogens with zero attached hydrogens (tertiary/aromatic N) is 2. The van der Waals surface area contributed by atoms with Crippen molar-refractivity contribution in [3.63, 3.8) is 0 Å². The van der Waals surface area contributed by atoms with Gasteiger partial charge in [-0.15, -0.1) is 11.6 Å². The maximum absolute atomic E-state index is 6.10. The number of halogens is 1. The van der Waals surface area contributed by atoms with Gasteiger partial charge in [-0.1, -0.05) is 34.6 Å². The van der Waals surface area contributed by atoms with Gasteiger partial charge in [-0.05, 0) is 12.8 Å². The van der Waals surface area contributed by atoms with Crippen molar-refractivity contribution >= 4 is 28.3 Å². The van der Waals surface area contributed by atoms with Gasteiger partial charge in [0.05, 0.1) is 0 Å². The van der Waals surface area contributed by atoms with Crippen LogP contribution < -0.4 is 5.32 Å². The number of rotatable bonds is 6. The predicted molar refractivity (Wildman–Crippen MR) is 80.8 cm³/mol. The SMILES string of the molecule is CCC(CC)(CCl)CNc1nc(C(C)(C)C)ns1. The fourth-order valence-electron chi connectivity index (χ4n) is 1.60. The molecule has 0 aliphatic rings. The first-order chi connectivity index (χ1) is 8.37. The van der Waals surface area contributed by atoms with Gasteiger partial charge in [0.2, 0.25) is 5.13 Å². The quantitative estimate of drug-likeness (QED) is 0.794. The van der Waals surface area contributed by atoms with E-state index in [2.05, 4.69) is 49.3 Å². The Hall–Kier alpha value is -0.350. The van der Waals surface area contributed by atoms with Crippen molar-refractivity contribution in [2.24, 2.45) is 5.41 Å². The molecule has 1 N–H and O–H groups in total. The molecule has 0 aliphatic carbocycles. The molecular formula is C13H24ClN3S. The molecule has 0 saturated carbocycles. The molecule has 0 unspecified atom stereocenters. The van der Waals surface area contributed by atoms with Crippen molar-refractivity contribution in [1.82, 2.24) is 9.36 Å². The van der Waals surface area contributed by atoms with Crippen LogP contribution in [0, 0.1) is 5.41 Å². The Kier molecular flexibility index (Phi) is 5.41. The van der Waals surface area contributed by atoms with E-state index >= 15 is 0 Å². The van der Waals surface area contributed by atoms with E-state index in [1.54, 1.807) is 0 Å². The number of nitrogens with one attached hydrogen (secondary N) is 1. The number of anilines is 1. The van der Waals surface area contributed by atoms with Crippen LogP contribution in [-0.4, -0.2) is 21.8 Å². The Labute approximate surface area is 120 Å². The second-order valence-electron chi connectivity index (χ2n) is 5.87. The first-order valence-electron chi connectivity index (χ1n) is 6.51. The van der Waals surface area contributed by atoms with Crippen LogP contribution in [0.2, 0.25) is 0 Å². The maximum Gasteiger partial charge on any atom is 0.202 e. The molecule has 0 aliphatic heterocycles. The van der Waals surface area contributed by atoms with Crippen LogP contribution in [0.3, 0.4) is 0 Å². The molecular weight excluding hydrogens is 266 g/mol. The lowest BCUT2D eigenvalue weighted by atomic mass is 9.84. The summed E-state index contributed by atoms with van der Waals surface area (Å²) in [5.41, 5.74) is 0.171. The van der Waals surface area contributed by atoms with Gasteiger partial charge in [0.1, 0.15) is 5.82 Å². The first-order valence-corrected chi connectivity index (χ1v) is 7.81. The third-order valence-electron chi connectivity index (χ3n) is 3.49. The van der Waals surface area contributed by atoms with Crippen molar-refractivity contribution in [3.8, 4) is 0 Å². The van der Waals surface area contributed by atoms with E-state index in [0.717, 1.165) is 30.3 Å². The lowest BCUT2D eigenvalue weighted by molar-refractivity contribution is 0.327. The average Bonchev–Trinajstić information content (AvgIpc) is 2.80. The fourth-order valence-corrected chi connectivity index (χ4v) is 2.82. The molecule has 0 amide bonds. The molecule has 0 fully saturated rings. The largest absolute Gasteiger partial charge is 0.360 e. The molecule has 1 aromatic rings. The van der Waals surface area contributed by atoms with Crippen molar-refractivity contribution < 1.29 is 0 Å². The van der Waals surface area contributed by atoms with Crippen LogP contribution >= 0.6 is 23.1 Å². The third kappa shape index (κ3) is 3.82. The Morgan fingerprint density at radius 1 is 1.22 bits per heavy atom. The molecule has 1 rings (SSSR count). The van der Waals surface area contributed by atoms with Crippen molar-refractivity contribution in [2.75, 3.05) is 17.7 Å². The molecule has 0 bridgehead atoms. The van der Waals surface area contributed by atoms with E-state index in [0.29, 0.717) is 5.88 Å². The molecule has 1 aromatic heterocycles. The zero-order valence-corrected chi connectivity index (χ0v) is 13.6. The minimum atomic E-state index is 0.00944. The molecule has 1 heterocycles. The van der Waals surface area contributed by atoms with E-state index in [1.165, 1.54) is 11.5 Å². The van der Waals surface area contributed by atoms with Gasteiger partial charge < -0.3 is 5.32 Å². The maximum atomic E-state index is 6.10. The summed E-state index contributed by atoms with van der Waals surface area (Å²) in [4.78, 5) is 4.54. The lowest BCUT2D eigenvalue weighted by Crippen LogP contribution is -2.30. The fraction of sp³-hybridized carbons (Fsp3) is 0.846. The van der Waals surface area contributed by atoms with Gasteiger partial charge >= 0.3 is 0 Å². The highest BCUT2D eigenvalue weighted by molar-refractivity contribution is 7.09. The summed E-state index contributed by atoms with van der Waals surface area (Å²) < 4.78 is 4.40. The van der Waals surface area contributed by atoms with E-state index < -0.39 is 0 Å². The summed E-state index contributed by atoms with van der Waals surface area (Å²) in [6, 6.07) is 0. The Morgan fingerprint density at radius 3 is 2.22 bits per heavy atom. The minimum Gasteiger partial charge on any atom is -0.360 e. The van der Waals surface area contributed by atoms with Crippen LogP contribution in [-0.2, 0) is 5.41 Å². The van der Waals surface area contributed by atoms with Crippen LogP contribution in [0.1, 0.15) is 53.3 Å². The predicted octanol–water partition coefficient (Wildman–Crippen LogP) is 4.29. The van der Waals surface area contributed by atoms with Gasteiger partial charge in [-0.3, -0.25) is 0 Å². The smallest absolute Gasteiger partial charge is 0.202 e. The molecule has 3 nitrogen and oxygen atoms in total. The van der Waals surface area contributed by atoms with Crippen LogP contribution in [0.15, 0.2) is 0 Å². The van der Waals surface area contributed by atoms with Gasteiger partial charge in [0, 0.05) is 34.8 Å². The summed E-state index contributed by atoms with van der Waals surface area (Å²) in [5, 5.41) is 4.29. The van der Waals surface area contributed by atoms with Crippen molar-refractivity contribution in [2.45, 2.75) is 52.9 Å². The second kappa shape index (κ2) is 6.20. The molecule has 0 atom stereocenters. The molecule has 0 saturated heterocycles. The summed E-state index contributed by atoms with van der Waals surface area (Å²) in [5.74, 6) is 1.58. The van der Waals surface area contributed by atoms with Crippen LogP contribution in [0.5, 0.6) is 0 Å². The van der Waals surface area contributed by atoms with Crippen molar-refractivity contribution in [1.29, 1.82) is 0 Å². The molecule has 104 valence electrons. The normalized spacial score (nSPS) is 12.8. The molecule has 5 heteroatoms. The van der Waals surface area contributed by atoms with E-state index in [-0.39, 0.29) is 10.8 Å². The molecule has 0 spiro atoms. The summed E-state index contributed by atoms with van der Waals surface area (Å²) >= 11 is 7.53. The Bertz CT molecular complexity index is 358. The summed E-state index contributed by atoms with van der Waals surface area (Å²) in [6.07, 6.45) is 2.15. The highest BCUT2D eigenvalue weighted by atomic mass is 35.5. The standard InChI is InChI=1S/C13H24ClN3S/c1-6-13(7-2,8-14)9-15-11-16-10(17-18-11)12(3,4)5/h6-9H2,1-5H3,(H,15,16,17). The molecule has 0 radical (unpaired) electrons. The third-order valence-corrected chi connectivity index (χ3v) is 4.73. The number of hydrogen-bond donors (Lipinski definition) is 1. The molecule has 0 aromatic carbocycles. The summed E-state index contributed by atoms with van der Waals surface area (Å²) in [6.45, 7) is 11.6. The lowest BCUT2D eigenvalue weighted by Gasteiger charge is -2.29. The van der Waals surface area contributed by atoms with Crippen LogP contribution in [0.25, 0.3) is 0 Å². The Morgan fingerprint density at radius 2 is 1.83 bits per heavy atom. The van der Waals surface area contributed by atoms with E-state index in [1.807, 2.05) is 0 Å². The number of aromatic nitrogens is 2. The number of hydrogen-bond acceptors (Lipinski definition) is 4. The average molecular weight is 290 g/mol.